The van der Waals surface area contributed by atoms with E-state index < -0.39 is 38.8 Å². The van der Waals surface area contributed by atoms with Gasteiger partial charge in [-0.2, -0.15) is 0 Å². The van der Waals surface area contributed by atoms with Crippen LogP contribution in [0.2, 0.25) is 0 Å². The molecule has 3 atom stereocenters. The Morgan fingerprint density at radius 2 is 1.79 bits per heavy atom. The number of carbonyl (C=O) groups is 2. The maximum Gasteiger partial charge on any atom is 1.00 e. The molecule has 1 aromatic rings. The molecule has 0 aromatic heterocycles. The third-order valence-corrected chi connectivity index (χ3v) is 7.73. The number of hydrogen-bond donors (Lipinski definition) is 2. The Balaban J connectivity index is 0.00000385. The van der Waals surface area contributed by atoms with Crippen molar-refractivity contribution < 1.29 is 54.1 Å². The van der Waals surface area contributed by atoms with Crippen molar-refractivity contribution in [2.24, 2.45) is 0 Å². The summed E-state index contributed by atoms with van der Waals surface area (Å²) in [4.78, 5) is 25.7. The molecule has 2 N–H and O–H groups in total. The molecular weight excluding hydrogens is 474 g/mol. The molecule has 5 nitrogen and oxygen atoms in total. The summed E-state index contributed by atoms with van der Waals surface area (Å²) in [6.07, 6.45) is 5.74. The fourth-order valence-electron chi connectivity index (χ4n) is 4.50. The normalized spacial score (nSPS) is 28.5. The average Bonchev–Trinajstić information content (AvgIpc) is 2.67. The number of ketones is 2. The first-order chi connectivity index (χ1) is 14.7. The molecule has 1 aliphatic heterocycles. The number of aromatic hydroxyl groups is 2. The predicted molar refractivity (Wildman–Crippen MR) is 126 cm³/mol. The molecule has 0 amide bonds. The molecule has 0 spiro atoms. The number of benzene rings is 1. The molecule has 0 radical (unpaired) electrons. The minimum Gasteiger partial charge on any atom is -0.508 e. The van der Waals surface area contributed by atoms with Crippen LogP contribution in [0.4, 0.5) is 0 Å². The number of hydrogen-bond acceptors (Lipinski definition) is 5. The summed E-state index contributed by atoms with van der Waals surface area (Å²) in [6, 6.07) is 2.21. The maximum absolute atomic E-state index is 13.9. The number of allylic oxidation sites excluding steroid dienone is 3. The van der Waals surface area contributed by atoms with Crippen molar-refractivity contribution >= 4 is 34.8 Å². The summed E-state index contributed by atoms with van der Waals surface area (Å²) in [6.45, 7) is 9.57. The molecule has 1 aromatic carbocycles. The molecular formula is C25H30Cl2NaO5+. The Morgan fingerprint density at radius 3 is 2.39 bits per heavy atom. The Morgan fingerprint density at radius 1 is 1.15 bits per heavy atom. The van der Waals surface area contributed by atoms with E-state index in [1.807, 2.05) is 26.8 Å². The number of phenols is 2. The van der Waals surface area contributed by atoms with E-state index >= 15 is 0 Å². The number of carbonyl (C=O) groups excluding carboxylic acids is 2. The summed E-state index contributed by atoms with van der Waals surface area (Å²) < 4.78 is 6.34. The zero-order valence-electron chi connectivity index (χ0n) is 20.1. The molecule has 3 rings (SSSR count). The number of rotatable bonds is 5. The quantitative estimate of drug-likeness (QED) is 0.366. The first-order valence-corrected chi connectivity index (χ1v) is 11.5. The van der Waals surface area contributed by atoms with E-state index in [4.69, 9.17) is 27.9 Å². The third kappa shape index (κ3) is 4.96. The molecule has 1 aliphatic carbocycles. The molecule has 2 aliphatic rings. The van der Waals surface area contributed by atoms with Gasteiger partial charge in [-0.15, -0.1) is 23.2 Å². The predicted octanol–water partition coefficient (Wildman–Crippen LogP) is 3.09. The van der Waals surface area contributed by atoms with Gasteiger partial charge >= 0.3 is 29.6 Å². The minimum atomic E-state index is -1.79. The first-order valence-electron chi connectivity index (χ1n) is 10.7. The van der Waals surface area contributed by atoms with Crippen LogP contribution < -0.4 is 29.6 Å². The van der Waals surface area contributed by atoms with Crippen LogP contribution >= 0.6 is 23.2 Å². The number of halogens is 2. The Labute approximate surface area is 227 Å². The summed E-state index contributed by atoms with van der Waals surface area (Å²) in [7, 11) is 0. The van der Waals surface area contributed by atoms with Gasteiger partial charge in [-0.05, 0) is 59.9 Å². The number of alkyl halides is 2. The Kier molecular flexibility index (Phi) is 8.65. The third-order valence-electron chi connectivity index (χ3n) is 6.42. The fraction of sp³-hybridized carbons (Fsp3) is 0.520. The molecule has 1 fully saturated rings. The van der Waals surface area contributed by atoms with Crippen LogP contribution in [-0.2, 0) is 4.74 Å². The van der Waals surface area contributed by atoms with E-state index in [1.165, 1.54) is 11.6 Å². The zero-order chi connectivity index (χ0) is 24.1. The van der Waals surface area contributed by atoms with Crippen LogP contribution in [0.25, 0.3) is 0 Å². The van der Waals surface area contributed by atoms with E-state index in [2.05, 4.69) is 6.08 Å². The van der Waals surface area contributed by atoms with E-state index in [-0.39, 0.29) is 59.3 Å². The molecule has 0 saturated carbocycles. The molecule has 8 heteroatoms. The molecule has 1 saturated heterocycles. The standard InChI is InChI=1S/C25H30Cl2O5.Na/c1-14(2)7-6-8-15(3)9-10-25-21(30)17-11-16(28)12-18(29)20(17)22(31)24(25,27)13-19(26)23(4,5)32-25;/h7,9,11-12,19,28-29H,6,8,10,13H2,1-5H3;/q;+1/b15-9+;. The summed E-state index contributed by atoms with van der Waals surface area (Å²) >= 11 is 13.5. The van der Waals surface area contributed by atoms with Crippen LogP contribution in [0.3, 0.4) is 0 Å². The smallest absolute Gasteiger partial charge is 0.508 e. The fourth-order valence-corrected chi connectivity index (χ4v) is 5.31. The van der Waals surface area contributed by atoms with Gasteiger partial charge in [0.25, 0.3) is 0 Å². The number of phenolic OH excluding ortho intramolecular Hbond substituents is 2. The molecule has 33 heavy (non-hydrogen) atoms. The maximum atomic E-state index is 13.9. The molecule has 3 unspecified atom stereocenters. The van der Waals surface area contributed by atoms with Gasteiger partial charge in [0.15, 0.2) is 17.2 Å². The van der Waals surface area contributed by atoms with Gasteiger partial charge in [0.2, 0.25) is 0 Å². The monoisotopic (exact) mass is 503 g/mol. The van der Waals surface area contributed by atoms with Crippen molar-refractivity contribution in [1.29, 1.82) is 0 Å². The van der Waals surface area contributed by atoms with Crippen LogP contribution in [0, 0.1) is 0 Å². The van der Waals surface area contributed by atoms with Crippen molar-refractivity contribution in [3.8, 4) is 11.5 Å². The summed E-state index contributed by atoms with van der Waals surface area (Å²) in [5.41, 5.74) is -0.680. The second-order valence-electron chi connectivity index (χ2n) is 9.63. The van der Waals surface area contributed by atoms with Gasteiger partial charge < -0.3 is 14.9 Å². The van der Waals surface area contributed by atoms with Gasteiger partial charge in [-0.1, -0.05) is 23.3 Å². The number of fused-ring (bicyclic) bond motifs is 2. The summed E-state index contributed by atoms with van der Waals surface area (Å²) in [5.74, 6) is -1.98. The van der Waals surface area contributed by atoms with Crippen LogP contribution in [0.1, 0.15) is 81.0 Å². The van der Waals surface area contributed by atoms with Crippen molar-refractivity contribution in [2.75, 3.05) is 0 Å². The minimum absolute atomic E-state index is 0. The van der Waals surface area contributed by atoms with Crippen molar-refractivity contribution in [3.63, 3.8) is 0 Å². The molecule has 174 valence electrons. The number of Topliss-reactive ketones (excluding diaryl/α,β-unsaturated/α-hetero) is 2. The number of ether oxygens (including phenoxy) is 1. The van der Waals surface area contributed by atoms with Crippen LogP contribution in [0.5, 0.6) is 11.5 Å². The Bertz CT molecular complexity index is 1030. The van der Waals surface area contributed by atoms with E-state index in [0.717, 1.165) is 24.5 Å². The van der Waals surface area contributed by atoms with Crippen LogP contribution in [0.15, 0.2) is 35.4 Å². The topological polar surface area (TPSA) is 83.8 Å². The van der Waals surface area contributed by atoms with Gasteiger partial charge in [-0.25, -0.2) is 0 Å². The first kappa shape index (κ1) is 28.4. The van der Waals surface area contributed by atoms with Crippen molar-refractivity contribution in [2.45, 2.75) is 81.8 Å². The molecule has 0 bridgehead atoms. The SMILES string of the molecule is CC(C)=CCC/C(C)=C/CC12OC(C)(C)C(Cl)CC1(Cl)C(=O)c1c(O)cc(O)cc1C2=O.[Na+]. The van der Waals surface area contributed by atoms with E-state index in [1.54, 1.807) is 13.8 Å². The molecule has 1 heterocycles. The second kappa shape index (κ2) is 10.0. The van der Waals surface area contributed by atoms with Gasteiger partial charge in [0.1, 0.15) is 16.4 Å². The second-order valence-corrected chi connectivity index (χ2v) is 10.8. The summed E-state index contributed by atoms with van der Waals surface area (Å²) in [5, 5.41) is 19.7. The Hall–Kier alpha value is -0.820. The largest absolute Gasteiger partial charge is 1.00 e. The van der Waals surface area contributed by atoms with Gasteiger partial charge in [0.05, 0.1) is 16.5 Å². The van der Waals surface area contributed by atoms with Crippen molar-refractivity contribution in [3.05, 3.63) is 46.6 Å². The zero-order valence-corrected chi connectivity index (χ0v) is 23.6. The van der Waals surface area contributed by atoms with Gasteiger partial charge in [0, 0.05) is 18.1 Å². The van der Waals surface area contributed by atoms with E-state index in [0.29, 0.717) is 0 Å². The van der Waals surface area contributed by atoms with Crippen LogP contribution in [-0.4, -0.2) is 43.2 Å². The van der Waals surface area contributed by atoms with Crippen molar-refractivity contribution in [1.82, 2.24) is 0 Å². The van der Waals surface area contributed by atoms with E-state index in [9.17, 15) is 19.8 Å². The van der Waals surface area contributed by atoms with Gasteiger partial charge in [-0.3, -0.25) is 9.59 Å². The average molecular weight is 504 g/mol.